The molecule has 0 aromatic rings. The van der Waals surface area contributed by atoms with Gasteiger partial charge in [0, 0.05) is 26.2 Å². The Morgan fingerprint density at radius 1 is 0.442 bits per heavy atom. The average Bonchev–Trinajstić information content (AvgIpc) is 3.01. The first-order chi connectivity index (χ1) is 21.0. The van der Waals surface area contributed by atoms with Gasteiger partial charge in [-0.3, -0.25) is 9.59 Å². The molecule has 0 aromatic carbocycles. The van der Waals surface area contributed by atoms with Crippen LogP contribution in [0.5, 0.6) is 0 Å². The van der Waals surface area contributed by atoms with Crippen LogP contribution in [0.25, 0.3) is 0 Å². The van der Waals surface area contributed by atoms with Crippen LogP contribution in [0.4, 0.5) is 0 Å². The third kappa shape index (κ3) is 24.9. The number of hydrogen-bond acceptors (Lipinski definition) is 3. The minimum Gasteiger partial charge on any atom is -0.359 e. The third-order valence-corrected chi connectivity index (χ3v) is 8.84. The molecular weight excluding hydrogens is 532 g/mol. The summed E-state index contributed by atoms with van der Waals surface area (Å²) in [6, 6.07) is 0. The highest BCUT2D eigenvalue weighted by atomic mass is 16.5. The lowest BCUT2D eigenvalue weighted by atomic mass is 10.1. The smallest absolute Gasteiger partial charge is 0.251 e. The molecule has 2 amide bonds. The summed E-state index contributed by atoms with van der Waals surface area (Å²) in [7, 11) is 0. The SMILES string of the molecule is CCCCCCCCN(CCCCCCCC)C(=O)COC(CC)C(=O)N(CCCCCCCC)CCCCCCCC. The Morgan fingerprint density at radius 3 is 1.07 bits per heavy atom. The van der Waals surface area contributed by atoms with E-state index in [1.54, 1.807) is 0 Å². The molecule has 0 spiro atoms. The minimum absolute atomic E-state index is 0.0256. The predicted octanol–water partition coefficient (Wildman–Crippen LogP) is 10.9. The van der Waals surface area contributed by atoms with E-state index < -0.39 is 6.10 Å². The van der Waals surface area contributed by atoms with Crippen molar-refractivity contribution in [2.24, 2.45) is 0 Å². The highest BCUT2D eigenvalue weighted by Crippen LogP contribution is 2.14. The number of unbranched alkanes of at least 4 members (excludes halogenated alkanes) is 20. The first-order valence-corrected chi connectivity index (χ1v) is 19.2. The molecule has 0 rings (SSSR count). The lowest BCUT2D eigenvalue weighted by Gasteiger charge is -2.28. The quantitative estimate of drug-likeness (QED) is 0.0696. The van der Waals surface area contributed by atoms with Crippen molar-refractivity contribution < 1.29 is 14.3 Å². The van der Waals surface area contributed by atoms with Crippen molar-refractivity contribution in [3.8, 4) is 0 Å². The van der Waals surface area contributed by atoms with Crippen LogP contribution in [0.3, 0.4) is 0 Å². The molecule has 0 radical (unpaired) electrons. The van der Waals surface area contributed by atoms with Crippen LogP contribution in [0.1, 0.15) is 195 Å². The third-order valence-electron chi connectivity index (χ3n) is 8.84. The summed E-state index contributed by atoms with van der Waals surface area (Å²) in [6.45, 7) is 14.3. The van der Waals surface area contributed by atoms with Gasteiger partial charge in [-0.25, -0.2) is 0 Å². The van der Waals surface area contributed by atoms with Gasteiger partial charge in [-0.05, 0) is 32.1 Å². The molecule has 256 valence electrons. The first-order valence-electron chi connectivity index (χ1n) is 19.2. The van der Waals surface area contributed by atoms with Crippen molar-refractivity contribution in [1.29, 1.82) is 0 Å². The van der Waals surface area contributed by atoms with Crippen molar-refractivity contribution in [2.45, 2.75) is 201 Å². The number of hydrogen-bond donors (Lipinski definition) is 0. The van der Waals surface area contributed by atoms with Crippen molar-refractivity contribution in [2.75, 3.05) is 32.8 Å². The molecule has 43 heavy (non-hydrogen) atoms. The second-order valence-electron chi connectivity index (χ2n) is 13.0. The number of rotatable bonds is 33. The molecule has 0 aliphatic rings. The molecular formula is C38H76N2O3. The molecule has 0 fully saturated rings. The normalized spacial score (nSPS) is 12.0. The van der Waals surface area contributed by atoms with Gasteiger partial charge in [0.05, 0.1) is 0 Å². The molecule has 0 bridgehead atoms. The summed E-state index contributed by atoms with van der Waals surface area (Å²) in [5.74, 6) is 0.155. The Morgan fingerprint density at radius 2 is 0.744 bits per heavy atom. The van der Waals surface area contributed by atoms with Crippen LogP contribution in [-0.2, 0) is 14.3 Å². The molecule has 5 heteroatoms. The Labute approximate surface area is 269 Å². The Balaban J connectivity index is 5.00. The standard InChI is InChI=1S/C38H76N2O3/c1-6-11-15-19-23-27-31-39(32-28-24-20-16-12-7-2)37(41)35-43-36(10-5)38(42)40(33-29-25-21-17-13-8-3)34-30-26-22-18-14-9-4/h36H,6-35H2,1-5H3. The highest BCUT2D eigenvalue weighted by molar-refractivity contribution is 5.82. The fraction of sp³-hybridized carbons (Fsp3) is 0.947. The maximum Gasteiger partial charge on any atom is 0.251 e. The molecule has 0 saturated heterocycles. The molecule has 1 unspecified atom stereocenters. The number of ether oxygens (including phenoxy) is 1. The van der Waals surface area contributed by atoms with E-state index in [0.29, 0.717) is 6.42 Å². The number of carbonyl (C=O) groups excluding carboxylic acids is 2. The van der Waals surface area contributed by atoms with Crippen LogP contribution in [0, 0.1) is 0 Å². The zero-order valence-corrected chi connectivity index (χ0v) is 29.9. The van der Waals surface area contributed by atoms with E-state index in [1.807, 2.05) is 11.8 Å². The second-order valence-corrected chi connectivity index (χ2v) is 13.0. The number of carbonyl (C=O) groups is 2. The Bertz CT molecular complexity index is 580. The summed E-state index contributed by atoms with van der Waals surface area (Å²) in [5.41, 5.74) is 0. The molecule has 0 aliphatic carbocycles. The van der Waals surface area contributed by atoms with Gasteiger partial charge in [0.1, 0.15) is 12.7 Å². The van der Waals surface area contributed by atoms with Gasteiger partial charge in [-0.2, -0.15) is 0 Å². The molecule has 5 nitrogen and oxygen atoms in total. The van der Waals surface area contributed by atoms with Gasteiger partial charge in [0.2, 0.25) is 5.91 Å². The van der Waals surface area contributed by atoms with Gasteiger partial charge in [0.25, 0.3) is 5.91 Å². The summed E-state index contributed by atoms with van der Waals surface area (Å²) < 4.78 is 6.13. The van der Waals surface area contributed by atoms with E-state index in [2.05, 4.69) is 32.6 Å². The lowest BCUT2D eigenvalue weighted by Crippen LogP contribution is -2.43. The lowest BCUT2D eigenvalue weighted by molar-refractivity contribution is -0.149. The highest BCUT2D eigenvalue weighted by Gasteiger charge is 2.25. The second kappa shape index (κ2) is 32.3. The summed E-state index contributed by atoms with van der Waals surface area (Å²) >= 11 is 0. The van der Waals surface area contributed by atoms with E-state index in [4.69, 9.17) is 4.74 Å². The summed E-state index contributed by atoms with van der Waals surface area (Å²) in [6.07, 6.45) is 29.5. The maximum atomic E-state index is 13.7. The number of nitrogens with zero attached hydrogens (tertiary/aromatic N) is 2. The monoisotopic (exact) mass is 609 g/mol. The zero-order valence-electron chi connectivity index (χ0n) is 29.9. The van der Waals surface area contributed by atoms with E-state index in [9.17, 15) is 9.59 Å². The molecule has 0 aromatic heterocycles. The van der Waals surface area contributed by atoms with Crippen molar-refractivity contribution in [3.63, 3.8) is 0 Å². The molecule has 0 aliphatic heterocycles. The zero-order chi connectivity index (χ0) is 31.8. The van der Waals surface area contributed by atoms with E-state index in [0.717, 1.165) is 51.9 Å². The van der Waals surface area contributed by atoms with Gasteiger partial charge >= 0.3 is 0 Å². The fourth-order valence-corrected chi connectivity index (χ4v) is 5.86. The van der Waals surface area contributed by atoms with Crippen molar-refractivity contribution >= 4 is 11.8 Å². The summed E-state index contributed by atoms with van der Waals surface area (Å²) in [4.78, 5) is 31.1. The first kappa shape index (κ1) is 41.9. The maximum absolute atomic E-state index is 13.7. The Kier molecular flexibility index (Phi) is 31.5. The molecule has 1 atom stereocenters. The molecule has 0 saturated carbocycles. The van der Waals surface area contributed by atoms with E-state index in [-0.39, 0.29) is 18.4 Å². The summed E-state index contributed by atoms with van der Waals surface area (Å²) in [5, 5.41) is 0. The topological polar surface area (TPSA) is 49.9 Å². The van der Waals surface area contributed by atoms with Crippen LogP contribution < -0.4 is 0 Å². The Hall–Kier alpha value is -1.10. The van der Waals surface area contributed by atoms with E-state index >= 15 is 0 Å². The van der Waals surface area contributed by atoms with Crippen molar-refractivity contribution in [1.82, 2.24) is 9.80 Å². The van der Waals surface area contributed by atoms with Crippen LogP contribution in [-0.4, -0.2) is 60.5 Å². The average molecular weight is 609 g/mol. The predicted molar refractivity (Wildman–Crippen MR) is 187 cm³/mol. The van der Waals surface area contributed by atoms with Crippen LogP contribution >= 0.6 is 0 Å². The van der Waals surface area contributed by atoms with Gasteiger partial charge in [-0.1, -0.05) is 163 Å². The van der Waals surface area contributed by atoms with Crippen LogP contribution in [0.2, 0.25) is 0 Å². The van der Waals surface area contributed by atoms with Crippen molar-refractivity contribution in [3.05, 3.63) is 0 Å². The van der Waals surface area contributed by atoms with Crippen LogP contribution in [0.15, 0.2) is 0 Å². The van der Waals surface area contributed by atoms with E-state index in [1.165, 1.54) is 128 Å². The molecule has 0 heterocycles. The molecule has 0 N–H and O–H groups in total. The number of amides is 2. The van der Waals surface area contributed by atoms with Gasteiger partial charge in [0.15, 0.2) is 0 Å². The van der Waals surface area contributed by atoms with Gasteiger partial charge < -0.3 is 14.5 Å². The van der Waals surface area contributed by atoms with Gasteiger partial charge in [-0.15, -0.1) is 0 Å². The largest absolute Gasteiger partial charge is 0.359 e. The minimum atomic E-state index is -0.519. The fourth-order valence-electron chi connectivity index (χ4n) is 5.86.